The van der Waals surface area contributed by atoms with Gasteiger partial charge in [-0.2, -0.15) is 0 Å². The monoisotopic (exact) mass is 423 g/mol. The Morgan fingerprint density at radius 3 is 2.38 bits per heavy atom. The molecule has 3 rings (SSSR count). The second kappa shape index (κ2) is 11.0. The zero-order valence-corrected chi connectivity index (χ0v) is 18.1. The van der Waals surface area contributed by atoms with E-state index in [0.717, 1.165) is 24.8 Å². The third-order valence-electron chi connectivity index (χ3n) is 6.37. The van der Waals surface area contributed by atoms with E-state index < -0.39 is 5.41 Å². The highest BCUT2D eigenvalue weighted by Gasteiger charge is 2.40. The Bertz CT molecular complexity index is 657. The van der Waals surface area contributed by atoms with Gasteiger partial charge in [0.1, 0.15) is 0 Å². The van der Waals surface area contributed by atoms with E-state index in [-0.39, 0.29) is 36.2 Å². The van der Waals surface area contributed by atoms with Crippen LogP contribution >= 0.6 is 12.4 Å². The van der Waals surface area contributed by atoms with Crippen molar-refractivity contribution in [2.45, 2.75) is 51.0 Å². The molecule has 2 aliphatic heterocycles. The van der Waals surface area contributed by atoms with Crippen LogP contribution in [0.4, 0.5) is 0 Å². The minimum Gasteiger partial charge on any atom is -0.381 e. The maximum atomic E-state index is 13.0. The fraction of sp³-hybridized carbons (Fsp3) is 0.636. The molecule has 0 radical (unpaired) electrons. The average molecular weight is 424 g/mol. The smallest absolute Gasteiger partial charge is 0.230 e. The molecule has 2 heterocycles. The van der Waals surface area contributed by atoms with Crippen molar-refractivity contribution in [2.75, 3.05) is 32.8 Å². The van der Waals surface area contributed by atoms with E-state index in [1.54, 1.807) is 0 Å². The van der Waals surface area contributed by atoms with Crippen molar-refractivity contribution in [2.24, 2.45) is 11.1 Å². The molecule has 0 aromatic heterocycles. The molecular weight excluding hydrogens is 390 g/mol. The van der Waals surface area contributed by atoms with E-state index in [1.807, 2.05) is 35.2 Å². The van der Waals surface area contributed by atoms with Crippen molar-refractivity contribution < 1.29 is 14.3 Å². The number of hydrogen-bond donors (Lipinski definition) is 2. The number of likely N-dealkylation sites (tertiary alicyclic amines) is 1. The number of hydrogen-bond acceptors (Lipinski definition) is 4. The zero-order valence-electron chi connectivity index (χ0n) is 17.3. The van der Waals surface area contributed by atoms with Gasteiger partial charge in [0.25, 0.3) is 0 Å². The van der Waals surface area contributed by atoms with Gasteiger partial charge in [0.2, 0.25) is 11.8 Å². The summed E-state index contributed by atoms with van der Waals surface area (Å²) in [5, 5.41) is 3.20. The van der Waals surface area contributed by atoms with Gasteiger partial charge in [-0.1, -0.05) is 37.3 Å². The van der Waals surface area contributed by atoms with Crippen molar-refractivity contribution in [3.05, 3.63) is 35.9 Å². The van der Waals surface area contributed by atoms with E-state index >= 15 is 0 Å². The van der Waals surface area contributed by atoms with Gasteiger partial charge in [-0.25, -0.2) is 0 Å². The molecule has 162 valence electrons. The first-order valence-corrected chi connectivity index (χ1v) is 10.5. The molecule has 7 heteroatoms. The highest BCUT2D eigenvalue weighted by Crippen LogP contribution is 2.30. The van der Waals surface area contributed by atoms with Crippen LogP contribution in [0.25, 0.3) is 0 Å². The van der Waals surface area contributed by atoms with Crippen LogP contribution in [0.3, 0.4) is 0 Å². The first-order chi connectivity index (χ1) is 13.6. The molecule has 2 fully saturated rings. The Morgan fingerprint density at radius 2 is 1.83 bits per heavy atom. The Kier molecular flexibility index (Phi) is 8.93. The highest BCUT2D eigenvalue weighted by atomic mass is 35.5. The lowest BCUT2D eigenvalue weighted by Gasteiger charge is -2.38. The third-order valence-corrected chi connectivity index (χ3v) is 6.37. The molecule has 1 aromatic rings. The predicted molar refractivity (Wildman–Crippen MR) is 116 cm³/mol. The van der Waals surface area contributed by atoms with Crippen molar-refractivity contribution in [3.8, 4) is 0 Å². The van der Waals surface area contributed by atoms with E-state index in [4.69, 9.17) is 10.5 Å². The number of benzene rings is 1. The van der Waals surface area contributed by atoms with Gasteiger partial charge in [0.05, 0.1) is 11.3 Å². The number of rotatable bonds is 6. The summed E-state index contributed by atoms with van der Waals surface area (Å²) in [6.07, 6.45) is 3.74. The summed E-state index contributed by atoms with van der Waals surface area (Å²) >= 11 is 0. The van der Waals surface area contributed by atoms with Crippen LogP contribution in [0.2, 0.25) is 0 Å². The van der Waals surface area contributed by atoms with Crippen LogP contribution in [0.5, 0.6) is 0 Å². The number of nitrogens with two attached hydrogens (primary N) is 1. The molecular formula is C22H34ClN3O3. The normalized spacial score (nSPS) is 20.4. The lowest BCUT2D eigenvalue weighted by molar-refractivity contribution is -0.137. The zero-order chi connectivity index (χ0) is 20.0. The molecule has 1 atom stereocenters. The molecule has 0 aliphatic carbocycles. The second-order valence-corrected chi connectivity index (χ2v) is 8.04. The molecule has 1 unspecified atom stereocenters. The number of nitrogens with one attached hydrogen (secondary N) is 1. The molecule has 29 heavy (non-hydrogen) atoms. The number of nitrogens with zero attached hydrogens (tertiary/aromatic N) is 1. The number of carbonyl (C=O) groups is 2. The van der Waals surface area contributed by atoms with Gasteiger partial charge in [-0.15, -0.1) is 12.4 Å². The van der Waals surface area contributed by atoms with E-state index in [2.05, 4.69) is 12.2 Å². The van der Waals surface area contributed by atoms with E-state index in [9.17, 15) is 9.59 Å². The van der Waals surface area contributed by atoms with Crippen LogP contribution in [0.15, 0.2) is 30.3 Å². The van der Waals surface area contributed by atoms with Crippen LogP contribution in [-0.4, -0.2) is 55.6 Å². The molecule has 0 bridgehead atoms. The Morgan fingerprint density at radius 1 is 1.21 bits per heavy atom. The molecule has 1 aromatic carbocycles. The fourth-order valence-corrected chi connectivity index (χ4v) is 4.33. The molecule has 2 aliphatic rings. The summed E-state index contributed by atoms with van der Waals surface area (Å²) in [5.41, 5.74) is 6.52. The van der Waals surface area contributed by atoms with Gasteiger partial charge in [-0.3, -0.25) is 9.59 Å². The Hall–Kier alpha value is -1.63. The first-order valence-electron chi connectivity index (χ1n) is 10.5. The number of ether oxygens (including phenoxy) is 1. The van der Waals surface area contributed by atoms with Crippen molar-refractivity contribution in [1.29, 1.82) is 0 Å². The lowest BCUT2D eigenvalue weighted by atomic mass is 9.79. The largest absolute Gasteiger partial charge is 0.381 e. The average Bonchev–Trinajstić information content (AvgIpc) is 2.76. The maximum absolute atomic E-state index is 13.0. The van der Waals surface area contributed by atoms with Crippen LogP contribution in [0, 0.1) is 5.41 Å². The minimum absolute atomic E-state index is 0. The van der Waals surface area contributed by atoms with Gasteiger partial charge in [0, 0.05) is 38.9 Å². The van der Waals surface area contributed by atoms with Gasteiger partial charge in [-0.05, 0) is 37.7 Å². The summed E-state index contributed by atoms with van der Waals surface area (Å²) in [5.74, 6) is 0.162. The minimum atomic E-state index is -0.494. The summed E-state index contributed by atoms with van der Waals surface area (Å²) < 4.78 is 5.40. The summed E-state index contributed by atoms with van der Waals surface area (Å²) in [6.45, 7) is 4.97. The molecule has 3 N–H and O–H groups in total. The van der Waals surface area contributed by atoms with Crippen molar-refractivity contribution in [3.63, 3.8) is 0 Å². The van der Waals surface area contributed by atoms with E-state index in [1.165, 1.54) is 0 Å². The SMILES string of the molecule is CCC(C(=O)N1CCC(NC(=O)C2(CN)CCOCC2)CC1)c1ccccc1.Cl. The molecule has 6 nitrogen and oxygen atoms in total. The predicted octanol–water partition coefficient (Wildman–Crippen LogP) is 2.46. The number of piperidine rings is 1. The molecule has 0 spiro atoms. The van der Waals surface area contributed by atoms with Crippen molar-refractivity contribution in [1.82, 2.24) is 10.2 Å². The van der Waals surface area contributed by atoms with E-state index in [0.29, 0.717) is 45.7 Å². The standard InChI is InChI=1S/C22H33N3O3.ClH/c1-2-19(17-6-4-3-5-7-17)20(26)25-12-8-18(9-13-25)24-21(27)22(16-23)10-14-28-15-11-22;/h3-7,18-19H,2,8-16,23H2,1H3,(H,24,27);1H. The number of amides is 2. The highest BCUT2D eigenvalue weighted by molar-refractivity contribution is 5.85. The number of halogens is 1. The van der Waals surface area contributed by atoms with Crippen LogP contribution in [0.1, 0.15) is 50.5 Å². The Labute approximate surface area is 179 Å². The van der Waals surface area contributed by atoms with Crippen LogP contribution in [-0.2, 0) is 14.3 Å². The fourth-order valence-electron chi connectivity index (χ4n) is 4.33. The summed E-state index contributed by atoms with van der Waals surface area (Å²) in [7, 11) is 0. The first kappa shape index (κ1) is 23.6. The maximum Gasteiger partial charge on any atom is 0.230 e. The molecule has 2 amide bonds. The molecule has 2 saturated heterocycles. The Balaban J connectivity index is 0.00000300. The summed E-state index contributed by atoms with van der Waals surface area (Å²) in [4.78, 5) is 27.8. The van der Waals surface area contributed by atoms with Crippen molar-refractivity contribution >= 4 is 24.2 Å². The quantitative estimate of drug-likeness (QED) is 0.736. The number of carbonyl (C=O) groups excluding carboxylic acids is 2. The molecule has 0 saturated carbocycles. The second-order valence-electron chi connectivity index (χ2n) is 8.04. The van der Waals surface area contributed by atoms with Gasteiger partial charge in [0.15, 0.2) is 0 Å². The third kappa shape index (κ3) is 5.50. The topological polar surface area (TPSA) is 84.7 Å². The van der Waals surface area contributed by atoms with Gasteiger partial charge < -0.3 is 20.7 Å². The van der Waals surface area contributed by atoms with Gasteiger partial charge >= 0.3 is 0 Å². The summed E-state index contributed by atoms with van der Waals surface area (Å²) in [6, 6.07) is 10.1. The van der Waals surface area contributed by atoms with Crippen LogP contribution < -0.4 is 11.1 Å². The lowest BCUT2D eigenvalue weighted by Crippen LogP contribution is -2.54.